The van der Waals surface area contributed by atoms with E-state index in [1.807, 2.05) is 0 Å². The molecule has 0 N–H and O–H groups in total. The lowest BCUT2D eigenvalue weighted by Crippen LogP contribution is -2.49. The summed E-state index contributed by atoms with van der Waals surface area (Å²) in [6, 6.07) is 0. The van der Waals surface area contributed by atoms with E-state index >= 15 is 0 Å². The fourth-order valence-corrected chi connectivity index (χ4v) is 5.96. The number of likely N-dealkylation sites (tertiary alicyclic amines) is 1. The maximum absolute atomic E-state index is 12.3. The molecule has 2 amide bonds. The summed E-state index contributed by atoms with van der Waals surface area (Å²) < 4.78 is -1.72. The Balaban J connectivity index is 2.36. The maximum Gasteiger partial charge on any atom is 0.235 e. The van der Waals surface area contributed by atoms with Gasteiger partial charge in [0, 0.05) is 12.1 Å². The monoisotopic (exact) mass is 361 g/mol. The molecule has 104 valence electrons. The van der Waals surface area contributed by atoms with Crippen LogP contribution in [0, 0.1) is 11.8 Å². The van der Waals surface area contributed by atoms with E-state index in [2.05, 4.69) is 0 Å². The van der Waals surface area contributed by atoms with E-state index in [-0.39, 0.29) is 5.03 Å². The molecule has 3 aliphatic rings. The van der Waals surface area contributed by atoms with Crippen molar-refractivity contribution in [3.63, 3.8) is 0 Å². The highest BCUT2D eigenvalue weighted by Gasteiger charge is 2.86. The van der Waals surface area contributed by atoms with Gasteiger partial charge in [-0.1, -0.05) is 34.8 Å². The minimum absolute atomic E-state index is 0.159. The number of carbonyl (C=O) groups excluding carboxylic acids is 2. The molecule has 0 aromatic rings. The summed E-state index contributed by atoms with van der Waals surface area (Å²) >= 11 is 32.0. The summed E-state index contributed by atoms with van der Waals surface area (Å²) in [7, 11) is 1.39. The van der Waals surface area contributed by atoms with Gasteiger partial charge >= 0.3 is 0 Å². The van der Waals surface area contributed by atoms with Gasteiger partial charge in [0.05, 0.1) is 11.8 Å². The number of rotatable bonds is 0. The summed E-state index contributed by atoms with van der Waals surface area (Å²) in [5, 5.41) is 0.159. The van der Waals surface area contributed by atoms with Crippen LogP contribution in [0.2, 0.25) is 0 Å². The van der Waals surface area contributed by atoms with Gasteiger partial charge in [0.25, 0.3) is 0 Å². The number of fused-ring (bicyclic) bond motifs is 5. The Bertz CT molecular complexity index is 527. The van der Waals surface area contributed by atoms with Crippen LogP contribution in [0.5, 0.6) is 0 Å². The number of nitrogens with zero attached hydrogens (tertiary/aromatic N) is 1. The second-order valence-corrected chi connectivity index (χ2v) is 8.03. The van der Waals surface area contributed by atoms with Gasteiger partial charge in [-0.2, -0.15) is 0 Å². The highest BCUT2D eigenvalue weighted by atomic mass is 35.5. The number of halogens is 5. The van der Waals surface area contributed by atoms with E-state index < -0.39 is 37.7 Å². The normalized spacial score (nSPS) is 47.4. The van der Waals surface area contributed by atoms with E-state index in [0.29, 0.717) is 5.57 Å². The molecule has 0 aromatic heterocycles. The zero-order valence-corrected chi connectivity index (χ0v) is 13.6. The molecule has 4 unspecified atom stereocenters. The molecule has 3 rings (SSSR count). The summed E-state index contributed by atoms with van der Waals surface area (Å²) in [6.07, 6.45) is 0. The third kappa shape index (κ3) is 1.11. The smallest absolute Gasteiger partial charge is 0.235 e. The largest absolute Gasteiger partial charge is 0.285 e. The number of hydrogen-bond acceptors (Lipinski definition) is 2. The Kier molecular flexibility index (Phi) is 2.67. The van der Waals surface area contributed by atoms with Crippen LogP contribution >= 0.6 is 58.0 Å². The Morgan fingerprint density at radius 1 is 1.00 bits per heavy atom. The molecule has 2 bridgehead atoms. The molecular weight excluding hydrogens is 355 g/mol. The Morgan fingerprint density at radius 2 is 1.42 bits per heavy atom. The number of amides is 2. The van der Waals surface area contributed by atoms with E-state index in [0.717, 1.165) is 4.90 Å². The van der Waals surface area contributed by atoms with Gasteiger partial charge in [0.1, 0.15) is 9.75 Å². The highest BCUT2D eigenvalue weighted by molar-refractivity contribution is 6.64. The fourth-order valence-electron chi connectivity index (χ4n) is 3.44. The lowest BCUT2D eigenvalue weighted by Gasteiger charge is -2.34. The van der Waals surface area contributed by atoms with Crippen LogP contribution in [-0.4, -0.2) is 37.8 Å². The Morgan fingerprint density at radius 3 is 1.89 bits per heavy atom. The molecule has 4 atom stereocenters. The molecule has 3 nitrogen and oxygen atoms in total. The first-order valence-corrected chi connectivity index (χ1v) is 7.38. The number of allylic oxidation sites excluding steroid dienone is 2. The van der Waals surface area contributed by atoms with Crippen molar-refractivity contribution in [3.8, 4) is 0 Å². The first-order valence-electron chi connectivity index (χ1n) is 5.49. The molecule has 2 aliphatic carbocycles. The van der Waals surface area contributed by atoms with Crippen molar-refractivity contribution in [1.82, 2.24) is 4.90 Å². The van der Waals surface area contributed by atoms with Gasteiger partial charge in [-0.15, -0.1) is 23.2 Å². The topological polar surface area (TPSA) is 37.4 Å². The van der Waals surface area contributed by atoms with Gasteiger partial charge in [-0.3, -0.25) is 14.5 Å². The molecule has 0 spiro atoms. The van der Waals surface area contributed by atoms with Crippen molar-refractivity contribution in [1.29, 1.82) is 0 Å². The van der Waals surface area contributed by atoms with Crippen molar-refractivity contribution in [2.45, 2.75) is 21.0 Å². The number of imide groups is 1. The predicted octanol–water partition coefficient (Wildman–Crippen LogP) is 2.89. The van der Waals surface area contributed by atoms with Crippen LogP contribution in [-0.2, 0) is 9.59 Å². The number of hydrogen-bond donors (Lipinski definition) is 0. The minimum atomic E-state index is -1.72. The second-order valence-electron chi connectivity index (χ2n) is 5.13. The molecule has 1 aliphatic heterocycles. The van der Waals surface area contributed by atoms with Gasteiger partial charge in [-0.05, 0) is 12.5 Å². The van der Waals surface area contributed by atoms with Gasteiger partial charge in [0.2, 0.25) is 11.8 Å². The summed E-state index contributed by atoms with van der Waals surface area (Å²) in [5.41, 5.74) is 0.452. The van der Waals surface area contributed by atoms with Crippen LogP contribution in [0.4, 0.5) is 0 Å². The average Bonchev–Trinajstić information content (AvgIpc) is 2.69. The molecule has 19 heavy (non-hydrogen) atoms. The first kappa shape index (κ1) is 14.3. The third-order valence-corrected chi connectivity index (χ3v) is 8.26. The third-order valence-electron chi connectivity index (χ3n) is 4.49. The predicted molar refractivity (Wildman–Crippen MR) is 74.9 cm³/mol. The Hall–Kier alpha value is 0.330. The van der Waals surface area contributed by atoms with E-state index in [9.17, 15) is 9.59 Å². The molecule has 1 saturated heterocycles. The van der Waals surface area contributed by atoms with Crippen molar-refractivity contribution >= 4 is 69.8 Å². The molecule has 0 radical (unpaired) electrons. The first-order chi connectivity index (χ1) is 8.54. The highest BCUT2D eigenvalue weighted by Crippen LogP contribution is 2.76. The maximum atomic E-state index is 12.3. The number of carbonyl (C=O) groups is 2. The number of alkyl halides is 4. The molecule has 1 saturated carbocycles. The van der Waals surface area contributed by atoms with Crippen LogP contribution in [0.1, 0.15) is 6.92 Å². The summed E-state index contributed by atoms with van der Waals surface area (Å²) in [4.78, 5) is 22.5. The zero-order chi connectivity index (χ0) is 14.5. The van der Waals surface area contributed by atoms with E-state index in [1.165, 1.54) is 7.05 Å². The lowest BCUT2D eigenvalue weighted by molar-refractivity contribution is -0.138. The summed E-state index contributed by atoms with van der Waals surface area (Å²) in [6.45, 7) is 1.63. The zero-order valence-electron chi connectivity index (χ0n) is 9.81. The average molecular weight is 363 g/mol. The van der Waals surface area contributed by atoms with Gasteiger partial charge in [-0.25, -0.2) is 0 Å². The van der Waals surface area contributed by atoms with Gasteiger partial charge < -0.3 is 0 Å². The van der Waals surface area contributed by atoms with E-state index in [4.69, 9.17) is 58.0 Å². The van der Waals surface area contributed by atoms with Crippen molar-refractivity contribution in [2.24, 2.45) is 11.8 Å². The standard InChI is InChI=1S/C11H8Cl5NO2/c1-3-6(12)10(14)5-4(7(18)17(2)8(5)19)9(3,13)11(10,15)16/h4-5H,1-2H3. The van der Waals surface area contributed by atoms with Crippen LogP contribution in [0.3, 0.4) is 0 Å². The fraction of sp³-hybridized carbons (Fsp3) is 0.636. The van der Waals surface area contributed by atoms with Crippen molar-refractivity contribution in [3.05, 3.63) is 10.6 Å². The summed E-state index contributed by atoms with van der Waals surface area (Å²) in [5.74, 6) is -2.71. The van der Waals surface area contributed by atoms with Crippen LogP contribution in [0.25, 0.3) is 0 Å². The lowest BCUT2D eigenvalue weighted by atomic mass is 9.80. The minimum Gasteiger partial charge on any atom is -0.285 e. The molecule has 8 heteroatoms. The van der Waals surface area contributed by atoms with Gasteiger partial charge in [0.15, 0.2) is 4.33 Å². The van der Waals surface area contributed by atoms with Crippen LogP contribution < -0.4 is 0 Å². The van der Waals surface area contributed by atoms with E-state index in [1.54, 1.807) is 6.92 Å². The molecular formula is C11H8Cl5NO2. The molecule has 0 aromatic carbocycles. The Labute approximate surface area is 134 Å². The molecule has 1 heterocycles. The second kappa shape index (κ2) is 3.56. The SMILES string of the molecule is CC1=C(Cl)C2(Cl)C3C(=O)N(C)C(=O)C3C1(Cl)C2(Cl)Cl. The molecule has 2 fully saturated rings. The van der Waals surface area contributed by atoms with Crippen molar-refractivity contribution in [2.75, 3.05) is 7.05 Å². The quantitative estimate of drug-likeness (QED) is 0.490. The van der Waals surface area contributed by atoms with Crippen molar-refractivity contribution < 1.29 is 9.59 Å². The van der Waals surface area contributed by atoms with Crippen LogP contribution in [0.15, 0.2) is 10.6 Å².